The van der Waals surface area contributed by atoms with E-state index in [2.05, 4.69) is 0 Å². The average molecular weight is 372 g/mol. The second-order valence-electron chi connectivity index (χ2n) is 7.14. The van der Waals surface area contributed by atoms with Crippen LogP contribution in [0.15, 0.2) is 48.5 Å². The fourth-order valence-corrected chi connectivity index (χ4v) is 3.37. The third kappa shape index (κ3) is 5.08. The van der Waals surface area contributed by atoms with Crippen LogP contribution >= 0.6 is 0 Å². The molecular formula is C22H28O5. The van der Waals surface area contributed by atoms with Crippen molar-refractivity contribution in [3.63, 3.8) is 0 Å². The summed E-state index contributed by atoms with van der Waals surface area (Å²) in [5.74, 6) is 0.0708. The normalized spacial score (nSPS) is 21.3. The van der Waals surface area contributed by atoms with Gasteiger partial charge in [0.1, 0.15) is 18.0 Å². The number of rotatable bonds is 8. The van der Waals surface area contributed by atoms with Crippen LogP contribution < -0.4 is 4.74 Å². The summed E-state index contributed by atoms with van der Waals surface area (Å²) in [6.45, 7) is 4.88. The van der Waals surface area contributed by atoms with Crippen LogP contribution in [0.5, 0.6) is 5.75 Å². The molecule has 0 amide bonds. The number of aliphatic hydroxyl groups excluding tert-OH is 1. The lowest BCUT2D eigenvalue weighted by Crippen LogP contribution is -2.24. The van der Waals surface area contributed by atoms with Crippen molar-refractivity contribution in [1.29, 1.82) is 0 Å². The molecule has 0 radical (unpaired) electrons. The molecule has 5 nitrogen and oxygen atoms in total. The van der Waals surface area contributed by atoms with E-state index in [0.29, 0.717) is 19.6 Å². The Balaban J connectivity index is 1.71. The third-order valence-electron chi connectivity index (χ3n) is 4.60. The van der Waals surface area contributed by atoms with Gasteiger partial charge in [0.25, 0.3) is 0 Å². The van der Waals surface area contributed by atoms with Crippen molar-refractivity contribution in [2.75, 3.05) is 20.3 Å². The Morgan fingerprint density at radius 3 is 2.56 bits per heavy atom. The molecule has 27 heavy (non-hydrogen) atoms. The van der Waals surface area contributed by atoms with Crippen LogP contribution in [0.1, 0.15) is 36.6 Å². The molecule has 0 aliphatic carbocycles. The van der Waals surface area contributed by atoms with Gasteiger partial charge in [-0.05, 0) is 43.0 Å². The van der Waals surface area contributed by atoms with E-state index < -0.39 is 5.79 Å². The van der Waals surface area contributed by atoms with Gasteiger partial charge in [-0.2, -0.15) is 0 Å². The van der Waals surface area contributed by atoms with Crippen LogP contribution in [0.25, 0.3) is 0 Å². The Hall–Kier alpha value is -1.92. The van der Waals surface area contributed by atoms with Crippen molar-refractivity contribution in [2.45, 2.75) is 44.9 Å². The number of benzene rings is 2. The molecule has 1 heterocycles. The maximum absolute atomic E-state index is 9.21. The van der Waals surface area contributed by atoms with Gasteiger partial charge in [-0.15, -0.1) is 0 Å². The first-order valence-corrected chi connectivity index (χ1v) is 9.27. The lowest BCUT2D eigenvalue weighted by molar-refractivity contribution is -0.151. The molecule has 5 heteroatoms. The van der Waals surface area contributed by atoms with Gasteiger partial charge in [0, 0.05) is 6.61 Å². The van der Waals surface area contributed by atoms with E-state index >= 15 is 0 Å². The summed E-state index contributed by atoms with van der Waals surface area (Å²) in [6, 6.07) is 16.0. The molecule has 1 aliphatic rings. The van der Waals surface area contributed by atoms with E-state index in [-0.39, 0.29) is 18.8 Å². The molecule has 1 saturated heterocycles. The summed E-state index contributed by atoms with van der Waals surface area (Å²) in [6.07, 6.45) is 0.102. The standard InChI is InChI=1S/C22H28O5/c1-22(2)26-20(15-25-14-16-7-5-4-6-8-16)21(27-22)18-10-9-17(11-12-23)19(13-18)24-3/h4-10,13,20-21,23H,11-12,14-15H2,1-3H3. The molecule has 1 N–H and O–H groups in total. The Morgan fingerprint density at radius 2 is 1.85 bits per heavy atom. The van der Waals surface area contributed by atoms with Gasteiger partial charge >= 0.3 is 0 Å². The second-order valence-corrected chi connectivity index (χ2v) is 7.14. The molecule has 2 aromatic rings. The summed E-state index contributed by atoms with van der Waals surface area (Å²) in [5.41, 5.74) is 3.08. The minimum atomic E-state index is -0.678. The van der Waals surface area contributed by atoms with Crippen molar-refractivity contribution in [3.8, 4) is 5.75 Å². The first-order chi connectivity index (χ1) is 13.0. The van der Waals surface area contributed by atoms with E-state index in [9.17, 15) is 5.11 Å². The SMILES string of the molecule is COc1cc(C2OC(C)(C)OC2COCc2ccccc2)ccc1CCO. The van der Waals surface area contributed by atoms with Gasteiger partial charge in [-0.1, -0.05) is 42.5 Å². The van der Waals surface area contributed by atoms with Crippen molar-refractivity contribution in [1.82, 2.24) is 0 Å². The number of ether oxygens (including phenoxy) is 4. The number of methoxy groups -OCH3 is 1. The molecule has 3 rings (SSSR count). The minimum Gasteiger partial charge on any atom is -0.496 e. The molecule has 0 saturated carbocycles. The molecule has 2 unspecified atom stereocenters. The zero-order valence-corrected chi connectivity index (χ0v) is 16.2. The van der Waals surface area contributed by atoms with Gasteiger partial charge in [-0.25, -0.2) is 0 Å². The summed E-state index contributed by atoms with van der Waals surface area (Å²) < 4.78 is 23.6. The van der Waals surface area contributed by atoms with E-state index in [0.717, 1.165) is 22.4 Å². The summed E-state index contributed by atoms with van der Waals surface area (Å²) in [4.78, 5) is 0. The highest BCUT2D eigenvalue weighted by Gasteiger charge is 2.42. The van der Waals surface area contributed by atoms with Gasteiger partial charge < -0.3 is 24.1 Å². The van der Waals surface area contributed by atoms with Crippen LogP contribution in [0.3, 0.4) is 0 Å². The molecule has 0 spiro atoms. The maximum atomic E-state index is 9.21. The Morgan fingerprint density at radius 1 is 1.07 bits per heavy atom. The minimum absolute atomic E-state index is 0.0850. The van der Waals surface area contributed by atoms with E-state index in [1.807, 2.05) is 62.4 Å². The highest BCUT2D eigenvalue weighted by atomic mass is 16.8. The lowest BCUT2D eigenvalue weighted by Gasteiger charge is -2.19. The zero-order valence-electron chi connectivity index (χ0n) is 16.2. The van der Waals surface area contributed by atoms with E-state index in [1.54, 1.807) is 7.11 Å². The van der Waals surface area contributed by atoms with Gasteiger partial charge in [-0.3, -0.25) is 0 Å². The van der Waals surface area contributed by atoms with Gasteiger partial charge in [0.15, 0.2) is 5.79 Å². The number of hydrogen-bond donors (Lipinski definition) is 1. The first-order valence-electron chi connectivity index (χ1n) is 9.27. The zero-order chi connectivity index (χ0) is 19.3. The molecule has 146 valence electrons. The smallest absolute Gasteiger partial charge is 0.164 e. The Bertz CT molecular complexity index is 729. The fraction of sp³-hybridized carbons (Fsp3) is 0.455. The largest absolute Gasteiger partial charge is 0.496 e. The molecule has 1 aliphatic heterocycles. The Labute approximate surface area is 160 Å². The summed E-state index contributed by atoms with van der Waals surface area (Å²) >= 11 is 0. The summed E-state index contributed by atoms with van der Waals surface area (Å²) in [5, 5.41) is 9.21. The van der Waals surface area contributed by atoms with Gasteiger partial charge in [0.05, 0.1) is 20.3 Å². The average Bonchev–Trinajstić information content (AvgIpc) is 2.98. The van der Waals surface area contributed by atoms with Crippen LogP contribution in [0.2, 0.25) is 0 Å². The monoisotopic (exact) mass is 372 g/mol. The van der Waals surface area contributed by atoms with Crippen molar-refractivity contribution in [2.24, 2.45) is 0 Å². The van der Waals surface area contributed by atoms with Crippen LogP contribution in [-0.4, -0.2) is 37.3 Å². The van der Waals surface area contributed by atoms with Crippen LogP contribution in [0, 0.1) is 0 Å². The molecule has 1 fully saturated rings. The number of hydrogen-bond acceptors (Lipinski definition) is 5. The number of aliphatic hydroxyl groups is 1. The van der Waals surface area contributed by atoms with Crippen molar-refractivity contribution < 1.29 is 24.1 Å². The van der Waals surface area contributed by atoms with Crippen LogP contribution in [0.4, 0.5) is 0 Å². The highest BCUT2D eigenvalue weighted by molar-refractivity contribution is 5.39. The molecule has 2 atom stereocenters. The molecule has 0 bridgehead atoms. The molecule has 2 aromatic carbocycles. The Kier molecular flexibility index (Phi) is 6.50. The van der Waals surface area contributed by atoms with E-state index in [1.165, 1.54) is 0 Å². The van der Waals surface area contributed by atoms with E-state index in [4.69, 9.17) is 18.9 Å². The third-order valence-corrected chi connectivity index (χ3v) is 4.60. The van der Waals surface area contributed by atoms with Crippen LogP contribution in [-0.2, 0) is 27.2 Å². The highest BCUT2D eigenvalue weighted by Crippen LogP contribution is 2.40. The van der Waals surface area contributed by atoms with Gasteiger partial charge in [0.2, 0.25) is 0 Å². The second kappa shape index (κ2) is 8.85. The maximum Gasteiger partial charge on any atom is 0.164 e. The summed E-state index contributed by atoms with van der Waals surface area (Å²) in [7, 11) is 1.64. The fourth-order valence-electron chi connectivity index (χ4n) is 3.37. The van der Waals surface area contributed by atoms with Crippen molar-refractivity contribution >= 4 is 0 Å². The quantitative estimate of drug-likeness (QED) is 0.767. The molecular weight excluding hydrogens is 344 g/mol. The van der Waals surface area contributed by atoms with Crippen molar-refractivity contribution in [3.05, 3.63) is 65.2 Å². The lowest BCUT2D eigenvalue weighted by atomic mass is 10.0. The predicted octanol–water partition coefficient (Wildman–Crippen LogP) is 3.64. The topological polar surface area (TPSA) is 57.2 Å². The first kappa shape index (κ1) is 19.8. The predicted molar refractivity (Wildman–Crippen MR) is 103 cm³/mol. The molecule has 0 aromatic heterocycles.